The number of benzene rings is 1. The molecule has 0 amide bonds. The minimum atomic E-state index is 0.521. The fourth-order valence-corrected chi connectivity index (χ4v) is 1.72. The standard InChI is InChI=1S/C14H19N3O/c15-9-12-4-5-13(8-14(12)16)17-6-1-7-18-10-11-2-3-11/h4-5,8,11,17H,1-3,6-7,10,16H2. The Kier molecular flexibility index (Phi) is 4.43. The second-order valence-electron chi connectivity index (χ2n) is 4.71. The number of anilines is 2. The first-order chi connectivity index (χ1) is 8.79. The molecule has 3 N–H and O–H groups in total. The van der Waals surface area contributed by atoms with E-state index in [4.69, 9.17) is 15.7 Å². The van der Waals surface area contributed by atoms with Crippen LogP contribution in [0.15, 0.2) is 18.2 Å². The van der Waals surface area contributed by atoms with Crippen LogP contribution in [-0.2, 0) is 4.74 Å². The molecule has 4 nitrogen and oxygen atoms in total. The molecule has 0 spiro atoms. The summed E-state index contributed by atoms with van der Waals surface area (Å²) in [5.74, 6) is 0.830. The molecule has 0 saturated heterocycles. The molecule has 1 aliphatic rings. The number of hydrogen-bond donors (Lipinski definition) is 2. The SMILES string of the molecule is N#Cc1ccc(NCCCOCC2CC2)cc1N. The number of rotatable bonds is 7. The van der Waals surface area contributed by atoms with Crippen LogP contribution in [0.25, 0.3) is 0 Å². The van der Waals surface area contributed by atoms with Crippen LogP contribution in [0.5, 0.6) is 0 Å². The van der Waals surface area contributed by atoms with Crippen molar-refractivity contribution in [1.82, 2.24) is 0 Å². The van der Waals surface area contributed by atoms with E-state index >= 15 is 0 Å². The Balaban J connectivity index is 1.63. The van der Waals surface area contributed by atoms with Crippen LogP contribution in [0.3, 0.4) is 0 Å². The van der Waals surface area contributed by atoms with Gasteiger partial charge in [0.1, 0.15) is 6.07 Å². The maximum absolute atomic E-state index is 8.77. The Labute approximate surface area is 108 Å². The van der Waals surface area contributed by atoms with Gasteiger partial charge in [0.2, 0.25) is 0 Å². The average Bonchev–Trinajstić information content (AvgIpc) is 3.18. The highest BCUT2D eigenvalue weighted by Crippen LogP contribution is 2.28. The molecule has 0 radical (unpaired) electrons. The molecular formula is C14H19N3O. The summed E-state index contributed by atoms with van der Waals surface area (Å²) in [7, 11) is 0. The van der Waals surface area contributed by atoms with E-state index in [2.05, 4.69) is 11.4 Å². The maximum Gasteiger partial charge on any atom is 0.101 e. The largest absolute Gasteiger partial charge is 0.398 e. The molecule has 2 rings (SSSR count). The topological polar surface area (TPSA) is 71.1 Å². The minimum absolute atomic E-state index is 0.521. The summed E-state index contributed by atoms with van der Waals surface area (Å²) in [6.45, 7) is 2.58. The minimum Gasteiger partial charge on any atom is -0.398 e. The van der Waals surface area contributed by atoms with Crippen LogP contribution in [0, 0.1) is 17.2 Å². The molecule has 4 heteroatoms. The van der Waals surface area contributed by atoms with E-state index in [0.29, 0.717) is 11.3 Å². The van der Waals surface area contributed by atoms with Gasteiger partial charge >= 0.3 is 0 Å². The summed E-state index contributed by atoms with van der Waals surface area (Å²) in [5, 5.41) is 12.0. The molecule has 0 aromatic heterocycles. The van der Waals surface area contributed by atoms with Crippen molar-refractivity contribution in [3.63, 3.8) is 0 Å². The predicted molar refractivity (Wildman–Crippen MR) is 72.2 cm³/mol. The average molecular weight is 245 g/mol. The van der Waals surface area contributed by atoms with Crippen molar-refractivity contribution in [3.05, 3.63) is 23.8 Å². The monoisotopic (exact) mass is 245 g/mol. The number of nitrogens with zero attached hydrogens (tertiary/aromatic N) is 1. The highest BCUT2D eigenvalue weighted by atomic mass is 16.5. The van der Waals surface area contributed by atoms with Gasteiger partial charge in [0.25, 0.3) is 0 Å². The third-order valence-corrected chi connectivity index (χ3v) is 3.02. The third-order valence-electron chi connectivity index (χ3n) is 3.02. The lowest BCUT2D eigenvalue weighted by Gasteiger charge is -2.08. The van der Waals surface area contributed by atoms with Crippen molar-refractivity contribution < 1.29 is 4.74 Å². The summed E-state index contributed by atoms with van der Waals surface area (Å²) >= 11 is 0. The van der Waals surface area contributed by atoms with Crippen molar-refractivity contribution in [2.45, 2.75) is 19.3 Å². The van der Waals surface area contributed by atoms with Crippen molar-refractivity contribution in [2.75, 3.05) is 30.8 Å². The maximum atomic E-state index is 8.77. The lowest BCUT2D eigenvalue weighted by Crippen LogP contribution is -2.07. The van der Waals surface area contributed by atoms with E-state index in [9.17, 15) is 0 Å². The molecule has 18 heavy (non-hydrogen) atoms. The Bertz CT molecular complexity index is 435. The van der Waals surface area contributed by atoms with Gasteiger partial charge in [-0.15, -0.1) is 0 Å². The molecule has 0 bridgehead atoms. The molecule has 1 aromatic carbocycles. The molecule has 1 aliphatic carbocycles. The molecule has 1 fully saturated rings. The second kappa shape index (κ2) is 6.27. The van der Waals surface area contributed by atoms with E-state index in [1.807, 2.05) is 6.07 Å². The van der Waals surface area contributed by atoms with E-state index in [1.165, 1.54) is 12.8 Å². The fraction of sp³-hybridized carbons (Fsp3) is 0.500. The van der Waals surface area contributed by atoms with Crippen molar-refractivity contribution >= 4 is 11.4 Å². The highest BCUT2D eigenvalue weighted by molar-refractivity contribution is 5.62. The van der Waals surface area contributed by atoms with Crippen LogP contribution >= 0.6 is 0 Å². The summed E-state index contributed by atoms with van der Waals surface area (Å²) in [6, 6.07) is 7.46. The lowest BCUT2D eigenvalue weighted by atomic mass is 10.2. The van der Waals surface area contributed by atoms with Gasteiger partial charge < -0.3 is 15.8 Å². The highest BCUT2D eigenvalue weighted by Gasteiger charge is 2.20. The third kappa shape index (κ3) is 3.94. The van der Waals surface area contributed by atoms with Crippen LogP contribution in [-0.4, -0.2) is 19.8 Å². The zero-order valence-electron chi connectivity index (χ0n) is 10.5. The molecule has 0 heterocycles. The van der Waals surface area contributed by atoms with E-state index in [-0.39, 0.29) is 0 Å². The first-order valence-corrected chi connectivity index (χ1v) is 6.41. The quantitative estimate of drug-likeness (QED) is 0.571. The van der Waals surface area contributed by atoms with Gasteiger partial charge in [-0.2, -0.15) is 5.26 Å². The smallest absolute Gasteiger partial charge is 0.101 e. The van der Waals surface area contributed by atoms with Crippen molar-refractivity contribution in [1.29, 1.82) is 5.26 Å². The van der Waals surface area contributed by atoms with Gasteiger partial charge in [-0.3, -0.25) is 0 Å². The molecule has 0 atom stereocenters. The summed E-state index contributed by atoms with van der Waals surface area (Å²) in [4.78, 5) is 0. The Morgan fingerprint density at radius 3 is 2.94 bits per heavy atom. The summed E-state index contributed by atoms with van der Waals surface area (Å²) in [6.07, 6.45) is 3.65. The van der Waals surface area contributed by atoms with Gasteiger partial charge in [-0.1, -0.05) is 0 Å². The molecule has 1 saturated carbocycles. The zero-order chi connectivity index (χ0) is 12.8. The van der Waals surface area contributed by atoms with Gasteiger partial charge in [-0.05, 0) is 43.4 Å². The number of nitrogens with one attached hydrogen (secondary N) is 1. The van der Waals surface area contributed by atoms with Gasteiger partial charge in [0.15, 0.2) is 0 Å². The van der Waals surface area contributed by atoms with Crippen molar-refractivity contribution in [3.8, 4) is 6.07 Å². The van der Waals surface area contributed by atoms with Crippen molar-refractivity contribution in [2.24, 2.45) is 5.92 Å². The Hall–Kier alpha value is -1.73. The van der Waals surface area contributed by atoms with Crippen LogP contribution in [0.1, 0.15) is 24.8 Å². The van der Waals surface area contributed by atoms with Crippen LogP contribution in [0.4, 0.5) is 11.4 Å². The molecular weight excluding hydrogens is 226 g/mol. The number of nitrogens with two attached hydrogens (primary N) is 1. The first-order valence-electron chi connectivity index (χ1n) is 6.41. The fourth-order valence-electron chi connectivity index (χ4n) is 1.72. The molecule has 96 valence electrons. The second-order valence-corrected chi connectivity index (χ2v) is 4.71. The molecule has 0 unspecified atom stereocenters. The predicted octanol–water partition coefficient (Wildman–Crippen LogP) is 2.37. The first kappa shape index (κ1) is 12.7. The number of nitrogen functional groups attached to an aromatic ring is 1. The zero-order valence-corrected chi connectivity index (χ0v) is 10.5. The number of hydrogen-bond acceptors (Lipinski definition) is 4. The molecule has 1 aromatic rings. The van der Waals surface area contributed by atoms with E-state index in [0.717, 1.165) is 37.8 Å². The molecule has 0 aliphatic heterocycles. The van der Waals surface area contributed by atoms with Crippen LogP contribution < -0.4 is 11.1 Å². The number of ether oxygens (including phenoxy) is 1. The Morgan fingerprint density at radius 2 is 2.28 bits per heavy atom. The normalized spacial score (nSPS) is 14.2. The Morgan fingerprint density at radius 1 is 1.44 bits per heavy atom. The summed E-state index contributed by atoms with van der Waals surface area (Å²) < 4.78 is 5.55. The van der Waals surface area contributed by atoms with Gasteiger partial charge in [-0.25, -0.2) is 0 Å². The van der Waals surface area contributed by atoms with Crippen LogP contribution in [0.2, 0.25) is 0 Å². The van der Waals surface area contributed by atoms with E-state index in [1.54, 1.807) is 12.1 Å². The summed E-state index contributed by atoms with van der Waals surface area (Å²) in [5.41, 5.74) is 7.73. The van der Waals surface area contributed by atoms with Gasteiger partial charge in [0.05, 0.1) is 11.3 Å². The number of nitriles is 1. The van der Waals surface area contributed by atoms with Gasteiger partial charge in [0, 0.05) is 25.4 Å². The van der Waals surface area contributed by atoms with E-state index < -0.39 is 0 Å². The lowest BCUT2D eigenvalue weighted by molar-refractivity contribution is 0.124.